The maximum atomic E-state index is 4.98. The molecule has 0 saturated carbocycles. The van der Waals surface area contributed by atoms with Crippen LogP contribution in [0.5, 0.6) is 0 Å². The molecule has 1 aliphatic rings. The first-order chi connectivity index (χ1) is 13.1. The van der Waals surface area contributed by atoms with E-state index in [-0.39, 0.29) is 0 Å². The SMILES string of the molecule is Cc1cc(Cc2csc(-c3ccc4c(c3)CCCCCC4)n2)c(C)cc1I. The van der Waals surface area contributed by atoms with Crippen LogP contribution in [0.3, 0.4) is 0 Å². The monoisotopic (exact) mass is 487 g/mol. The van der Waals surface area contributed by atoms with Gasteiger partial charge in [0.1, 0.15) is 5.01 Å². The lowest BCUT2D eigenvalue weighted by atomic mass is 9.92. The topological polar surface area (TPSA) is 12.9 Å². The van der Waals surface area contributed by atoms with Gasteiger partial charge < -0.3 is 0 Å². The number of fused-ring (bicyclic) bond motifs is 1. The van der Waals surface area contributed by atoms with Gasteiger partial charge in [0.2, 0.25) is 0 Å². The molecule has 1 nitrogen and oxygen atoms in total. The number of rotatable bonds is 3. The summed E-state index contributed by atoms with van der Waals surface area (Å²) in [5.41, 5.74) is 9.69. The van der Waals surface area contributed by atoms with Crippen molar-refractivity contribution in [3.8, 4) is 10.6 Å². The number of aromatic nitrogens is 1. The summed E-state index contributed by atoms with van der Waals surface area (Å²) in [6.45, 7) is 4.40. The van der Waals surface area contributed by atoms with Crippen LogP contribution in [0.4, 0.5) is 0 Å². The Hall–Kier alpha value is -1.20. The van der Waals surface area contributed by atoms with Crippen molar-refractivity contribution in [1.82, 2.24) is 4.98 Å². The largest absolute Gasteiger partial charge is 0.241 e. The smallest absolute Gasteiger partial charge is 0.123 e. The molecule has 1 heterocycles. The van der Waals surface area contributed by atoms with Gasteiger partial charge in [-0.2, -0.15) is 0 Å². The van der Waals surface area contributed by atoms with Crippen LogP contribution in [0.25, 0.3) is 10.6 Å². The Morgan fingerprint density at radius 3 is 2.52 bits per heavy atom. The second-order valence-electron chi connectivity index (χ2n) is 7.75. The van der Waals surface area contributed by atoms with Crippen molar-refractivity contribution < 1.29 is 0 Å². The van der Waals surface area contributed by atoms with Gasteiger partial charge in [-0.25, -0.2) is 4.98 Å². The van der Waals surface area contributed by atoms with Gasteiger partial charge in [0.05, 0.1) is 5.69 Å². The average molecular weight is 487 g/mol. The van der Waals surface area contributed by atoms with E-state index >= 15 is 0 Å². The van der Waals surface area contributed by atoms with Crippen LogP contribution in [0.2, 0.25) is 0 Å². The summed E-state index contributed by atoms with van der Waals surface area (Å²) in [6, 6.07) is 11.6. The van der Waals surface area contributed by atoms with Gasteiger partial charge in [-0.05, 0) is 102 Å². The highest BCUT2D eigenvalue weighted by atomic mass is 127. The van der Waals surface area contributed by atoms with E-state index in [2.05, 4.69) is 72.2 Å². The van der Waals surface area contributed by atoms with Gasteiger partial charge in [0.25, 0.3) is 0 Å². The van der Waals surface area contributed by atoms with E-state index in [0.29, 0.717) is 0 Å². The summed E-state index contributed by atoms with van der Waals surface area (Å²) in [4.78, 5) is 4.98. The number of benzene rings is 2. The van der Waals surface area contributed by atoms with Gasteiger partial charge in [0.15, 0.2) is 0 Å². The second kappa shape index (κ2) is 8.44. The maximum Gasteiger partial charge on any atom is 0.123 e. The van der Waals surface area contributed by atoms with Crippen LogP contribution in [-0.4, -0.2) is 4.98 Å². The zero-order chi connectivity index (χ0) is 18.8. The molecule has 0 radical (unpaired) electrons. The quantitative estimate of drug-likeness (QED) is 0.354. The third kappa shape index (κ3) is 4.45. The predicted molar refractivity (Wildman–Crippen MR) is 125 cm³/mol. The minimum Gasteiger partial charge on any atom is -0.241 e. The Bertz CT molecular complexity index is 957. The first-order valence-corrected chi connectivity index (χ1v) is 11.9. The van der Waals surface area contributed by atoms with E-state index in [9.17, 15) is 0 Å². The molecular formula is C24H26INS. The van der Waals surface area contributed by atoms with Crippen LogP contribution >= 0.6 is 33.9 Å². The minimum absolute atomic E-state index is 0.922. The highest BCUT2D eigenvalue weighted by Crippen LogP contribution is 2.30. The maximum absolute atomic E-state index is 4.98. The fraction of sp³-hybridized carbons (Fsp3) is 0.375. The fourth-order valence-corrected chi connectivity index (χ4v) is 5.41. The molecule has 2 aromatic carbocycles. The minimum atomic E-state index is 0.922. The van der Waals surface area contributed by atoms with Crippen molar-refractivity contribution in [3.05, 3.63) is 72.8 Å². The average Bonchev–Trinajstić information content (AvgIpc) is 3.09. The molecule has 0 amide bonds. The Balaban J connectivity index is 1.57. The number of hydrogen-bond acceptors (Lipinski definition) is 2. The van der Waals surface area contributed by atoms with Crippen molar-refractivity contribution in [1.29, 1.82) is 0 Å². The Morgan fingerprint density at radius 1 is 0.926 bits per heavy atom. The molecule has 0 bridgehead atoms. The van der Waals surface area contributed by atoms with Crippen molar-refractivity contribution in [2.75, 3.05) is 0 Å². The van der Waals surface area contributed by atoms with Crippen molar-refractivity contribution in [3.63, 3.8) is 0 Å². The van der Waals surface area contributed by atoms with Gasteiger partial charge >= 0.3 is 0 Å². The van der Waals surface area contributed by atoms with Crippen molar-refractivity contribution in [2.45, 2.75) is 58.8 Å². The third-order valence-electron chi connectivity index (χ3n) is 5.64. The van der Waals surface area contributed by atoms with E-state index in [1.54, 1.807) is 22.5 Å². The fourth-order valence-electron chi connectivity index (χ4n) is 3.97. The van der Waals surface area contributed by atoms with Crippen LogP contribution in [0.1, 0.15) is 59.2 Å². The molecular weight excluding hydrogens is 461 g/mol. The lowest BCUT2D eigenvalue weighted by molar-refractivity contribution is 0.617. The zero-order valence-corrected chi connectivity index (χ0v) is 19.1. The Labute approximate surface area is 180 Å². The first-order valence-electron chi connectivity index (χ1n) is 9.92. The van der Waals surface area contributed by atoms with Crippen LogP contribution in [0, 0.1) is 17.4 Å². The normalized spacial score (nSPS) is 14.5. The van der Waals surface area contributed by atoms with Gasteiger partial charge in [-0.1, -0.05) is 31.0 Å². The third-order valence-corrected chi connectivity index (χ3v) is 7.74. The molecule has 3 aromatic rings. The number of halogens is 1. The van der Waals surface area contributed by atoms with Crippen LogP contribution in [-0.2, 0) is 19.3 Å². The first kappa shape index (κ1) is 19.1. The summed E-state index contributed by atoms with van der Waals surface area (Å²) >= 11 is 4.20. The molecule has 1 aliphatic carbocycles. The molecule has 0 spiro atoms. The zero-order valence-electron chi connectivity index (χ0n) is 16.1. The molecule has 140 valence electrons. The predicted octanol–water partition coefficient (Wildman–Crippen LogP) is 7.28. The molecule has 0 unspecified atom stereocenters. The highest BCUT2D eigenvalue weighted by molar-refractivity contribution is 14.1. The molecule has 0 saturated heterocycles. The van der Waals surface area contributed by atoms with Crippen LogP contribution in [0.15, 0.2) is 35.7 Å². The van der Waals surface area contributed by atoms with Crippen molar-refractivity contribution >= 4 is 33.9 Å². The summed E-state index contributed by atoms with van der Waals surface area (Å²) in [7, 11) is 0. The lowest BCUT2D eigenvalue weighted by Gasteiger charge is -2.14. The highest BCUT2D eigenvalue weighted by Gasteiger charge is 2.12. The number of hydrogen-bond donors (Lipinski definition) is 0. The molecule has 0 fully saturated rings. The summed E-state index contributed by atoms with van der Waals surface area (Å²) in [5, 5.41) is 3.40. The van der Waals surface area contributed by atoms with Gasteiger partial charge in [-0.15, -0.1) is 11.3 Å². The summed E-state index contributed by atoms with van der Waals surface area (Å²) in [5.74, 6) is 0. The number of aryl methyl sites for hydroxylation is 4. The molecule has 4 rings (SSSR count). The summed E-state index contributed by atoms with van der Waals surface area (Å²) < 4.78 is 1.34. The van der Waals surface area contributed by atoms with E-state index in [0.717, 1.165) is 11.4 Å². The standard InChI is InChI=1S/C24H26INS/c1-16-12-23(25)17(2)11-21(16)14-22-15-27-24(26-22)20-10-9-18-7-5-3-4-6-8-19(18)13-20/h9-13,15H,3-8,14H2,1-2H3. The van der Waals surface area contributed by atoms with Gasteiger partial charge in [-0.3, -0.25) is 0 Å². The molecule has 0 aliphatic heterocycles. The molecule has 3 heteroatoms. The molecule has 1 aromatic heterocycles. The Kier molecular flexibility index (Phi) is 5.98. The van der Waals surface area contributed by atoms with E-state index in [1.165, 1.54) is 70.0 Å². The van der Waals surface area contributed by atoms with Crippen LogP contribution < -0.4 is 0 Å². The van der Waals surface area contributed by atoms with Gasteiger partial charge in [0, 0.05) is 20.9 Å². The van der Waals surface area contributed by atoms with E-state index < -0.39 is 0 Å². The lowest BCUT2D eigenvalue weighted by Crippen LogP contribution is -2.00. The van der Waals surface area contributed by atoms with E-state index in [4.69, 9.17) is 4.98 Å². The second-order valence-corrected chi connectivity index (χ2v) is 9.77. The molecule has 0 atom stereocenters. The number of thiazole rings is 1. The van der Waals surface area contributed by atoms with Crippen molar-refractivity contribution in [2.24, 2.45) is 0 Å². The Morgan fingerprint density at radius 2 is 1.70 bits per heavy atom. The molecule has 0 N–H and O–H groups in total. The summed E-state index contributed by atoms with van der Waals surface area (Å²) in [6.07, 6.45) is 8.81. The molecule has 27 heavy (non-hydrogen) atoms. The number of nitrogens with zero attached hydrogens (tertiary/aromatic N) is 1. The van der Waals surface area contributed by atoms with E-state index in [1.807, 2.05) is 0 Å².